The zero-order valence-corrected chi connectivity index (χ0v) is 11.8. The fraction of sp³-hybridized carbons (Fsp3) is 0.538. The first-order valence-corrected chi connectivity index (χ1v) is 6.63. The highest BCUT2D eigenvalue weighted by atomic mass is 79.9. The lowest BCUT2D eigenvalue weighted by molar-refractivity contribution is 0.258. The summed E-state index contributed by atoms with van der Waals surface area (Å²) in [7, 11) is 0. The molecule has 0 aromatic heterocycles. The Morgan fingerprint density at radius 2 is 2.12 bits per heavy atom. The molecule has 1 aromatic carbocycles. The second-order valence-electron chi connectivity index (χ2n) is 4.41. The minimum absolute atomic E-state index is 0.0238. The van der Waals surface area contributed by atoms with Crippen LogP contribution in [0.3, 0.4) is 0 Å². The molecular weight excluding hydrogens is 285 g/mol. The van der Waals surface area contributed by atoms with Gasteiger partial charge in [-0.2, -0.15) is 0 Å². The Kier molecular flexibility index (Phi) is 6.09. The molecule has 2 nitrogen and oxygen atoms in total. The lowest BCUT2D eigenvalue weighted by Gasteiger charge is -2.18. The van der Waals surface area contributed by atoms with Crippen molar-refractivity contribution in [1.29, 1.82) is 0 Å². The largest absolute Gasteiger partial charge is 0.396 e. The van der Waals surface area contributed by atoms with Gasteiger partial charge < -0.3 is 10.4 Å². The first-order chi connectivity index (χ1) is 8.04. The van der Waals surface area contributed by atoms with E-state index in [1.807, 2.05) is 13.0 Å². The predicted octanol–water partition coefficient (Wildman–Crippen LogP) is 3.26. The zero-order valence-electron chi connectivity index (χ0n) is 10.2. The fourth-order valence-electron chi connectivity index (χ4n) is 1.66. The minimum Gasteiger partial charge on any atom is -0.396 e. The summed E-state index contributed by atoms with van der Waals surface area (Å²) >= 11 is 3.24. The van der Waals surface area contributed by atoms with Crippen LogP contribution in [-0.4, -0.2) is 18.3 Å². The molecule has 1 rings (SSSR count). The van der Waals surface area contributed by atoms with E-state index in [-0.39, 0.29) is 18.5 Å². The number of aliphatic hydroxyl groups excluding tert-OH is 1. The molecule has 0 aliphatic heterocycles. The molecule has 0 aliphatic carbocycles. The van der Waals surface area contributed by atoms with Gasteiger partial charge in [-0.1, -0.05) is 28.9 Å². The van der Waals surface area contributed by atoms with E-state index >= 15 is 0 Å². The monoisotopic (exact) mass is 303 g/mol. The fourth-order valence-corrected chi connectivity index (χ4v) is 2.00. The Hall–Kier alpha value is -0.450. The smallest absolute Gasteiger partial charge is 0.129 e. The summed E-state index contributed by atoms with van der Waals surface area (Å²) in [5.41, 5.74) is 0.671. The van der Waals surface area contributed by atoms with Crippen molar-refractivity contribution >= 4 is 15.9 Å². The van der Waals surface area contributed by atoms with Gasteiger partial charge in [0.2, 0.25) is 0 Å². The second-order valence-corrected chi connectivity index (χ2v) is 5.33. The van der Waals surface area contributed by atoms with Gasteiger partial charge in [0.25, 0.3) is 0 Å². The van der Waals surface area contributed by atoms with Gasteiger partial charge in [-0.3, -0.25) is 0 Å². The number of hydrogen-bond donors (Lipinski definition) is 2. The highest BCUT2D eigenvalue weighted by Crippen LogP contribution is 2.21. The molecule has 1 aromatic rings. The van der Waals surface area contributed by atoms with Crippen molar-refractivity contribution in [2.45, 2.75) is 26.3 Å². The van der Waals surface area contributed by atoms with Crippen LogP contribution in [0.1, 0.15) is 31.9 Å². The molecule has 0 bridgehead atoms. The standard InChI is InChI=1S/C13H19BrFNO/c1-9(5-6-17)8-16-10(2)12-4-3-11(14)7-13(12)15/h3-4,7,9-10,16-17H,5-6,8H2,1-2H3. The third kappa shape index (κ3) is 4.74. The van der Waals surface area contributed by atoms with Crippen molar-refractivity contribution in [3.8, 4) is 0 Å². The van der Waals surface area contributed by atoms with E-state index in [1.165, 1.54) is 6.07 Å². The summed E-state index contributed by atoms with van der Waals surface area (Å²) in [6.45, 7) is 4.98. The number of aliphatic hydroxyl groups is 1. The van der Waals surface area contributed by atoms with Crippen LogP contribution in [0.4, 0.5) is 4.39 Å². The highest BCUT2D eigenvalue weighted by Gasteiger charge is 2.11. The molecule has 2 atom stereocenters. The normalized spacial score (nSPS) is 14.6. The Labute approximate surface area is 110 Å². The summed E-state index contributed by atoms with van der Waals surface area (Å²) in [5, 5.41) is 12.1. The Bertz CT molecular complexity index is 359. The maximum absolute atomic E-state index is 13.7. The molecule has 0 saturated carbocycles. The molecule has 0 heterocycles. The van der Waals surface area contributed by atoms with E-state index in [0.717, 1.165) is 17.4 Å². The number of benzene rings is 1. The van der Waals surface area contributed by atoms with Crippen LogP contribution in [0.25, 0.3) is 0 Å². The average molecular weight is 304 g/mol. The van der Waals surface area contributed by atoms with Gasteiger partial charge in [0.05, 0.1) is 0 Å². The third-order valence-electron chi connectivity index (χ3n) is 2.82. The van der Waals surface area contributed by atoms with Gasteiger partial charge in [-0.25, -0.2) is 4.39 Å². The molecule has 0 radical (unpaired) electrons. The van der Waals surface area contributed by atoms with Crippen molar-refractivity contribution in [3.05, 3.63) is 34.1 Å². The molecule has 0 aliphatic rings. The molecule has 0 fully saturated rings. The quantitative estimate of drug-likeness (QED) is 0.845. The number of rotatable bonds is 6. The van der Waals surface area contributed by atoms with Crippen LogP contribution in [0, 0.1) is 11.7 Å². The van der Waals surface area contributed by atoms with Crippen LogP contribution in [0.2, 0.25) is 0 Å². The Morgan fingerprint density at radius 1 is 1.41 bits per heavy atom. The van der Waals surface area contributed by atoms with Crippen molar-refractivity contribution in [2.75, 3.05) is 13.2 Å². The Morgan fingerprint density at radius 3 is 2.71 bits per heavy atom. The summed E-state index contributed by atoms with van der Waals surface area (Å²) in [6.07, 6.45) is 0.766. The average Bonchev–Trinajstić information content (AvgIpc) is 2.26. The van der Waals surface area contributed by atoms with E-state index in [4.69, 9.17) is 5.11 Å². The van der Waals surface area contributed by atoms with Crippen molar-refractivity contribution in [3.63, 3.8) is 0 Å². The molecule has 2 unspecified atom stereocenters. The molecule has 4 heteroatoms. The van der Waals surface area contributed by atoms with Crippen LogP contribution in [-0.2, 0) is 0 Å². The van der Waals surface area contributed by atoms with E-state index in [1.54, 1.807) is 6.07 Å². The highest BCUT2D eigenvalue weighted by molar-refractivity contribution is 9.10. The SMILES string of the molecule is CC(CCO)CNC(C)c1ccc(Br)cc1F. The molecule has 0 saturated heterocycles. The third-order valence-corrected chi connectivity index (χ3v) is 3.32. The van der Waals surface area contributed by atoms with Crippen LogP contribution < -0.4 is 5.32 Å². The lowest BCUT2D eigenvalue weighted by Crippen LogP contribution is -2.25. The van der Waals surface area contributed by atoms with Gasteiger partial charge in [0.15, 0.2) is 0 Å². The maximum Gasteiger partial charge on any atom is 0.129 e. The lowest BCUT2D eigenvalue weighted by atomic mass is 10.1. The molecule has 17 heavy (non-hydrogen) atoms. The first-order valence-electron chi connectivity index (χ1n) is 5.83. The van der Waals surface area contributed by atoms with Crippen LogP contribution >= 0.6 is 15.9 Å². The Balaban J connectivity index is 2.54. The predicted molar refractivity (Wildman–Crippen MR) is 71.4 cm³/mol. The van der Waals surface area contributed by atoms with E-state index in [0.29, 0.717) is 11.5 Å². The van der Waals surface area contributed by atoms with Gasteiger partial charge >= 0.3 is 0 Å². The number of nitrogens with one attached hydrogen (secondary N) is 1. The van der Waals surface area contributed by atoms with Crippen molar-refractivity contribution in [1.82, 2.24) is 5.32 Å². The summed E-state index contributed by atoms with van der Waals surface area (Å²) in [4.78, 5) is 0. The van der Waals surface area contributed by atoms with Gasteiger partial charge in [0, 0.05) is 22.7 Å². The van der Waals surface area contributed by atoms with Crippen molar-refractivity contribution in [2.24, 2.45) is 5.92 Å². The second kappa shape index (κ2) is 7.09. The van der Waals surface area contributed by atoms with E-state index in [9.17, 15) is 4.39 Å². The van der Waals surface area contributed by atoms with Crippen molar-refractivity contribution < 1.29 is 9.50 Å². The van der Waals surface area contributed by atoms with Gasteiger partial charge in [-0.05, 0) is 37.9 Å². The topological polar surface area (TPSA) is 32.3 Å². The molecular formula is C13H19BrFNO. The van der Waals surface area contributed by atoms with Gasteiger partial charge in [0.1, 0.15) is 5.82 Å². The first kappa shape index (κ1) is 14.6. The number of hydrogen-bond acceptors (Lipinski definition) is 2. The molecule has 0 spiro atoms. The van der Waals surface area contributed by atoms with E-state index in [2.05, 4.69) is 28.2 Å². The summed E-state index contributed by atoms with van der Waals surface area (Å²) in [6, 6.07) is 5.08. The molecule has 96 valence electrons. The molecule has 2 N–H and O–H groups in total. The molecule has 0 amide bonds. The summed E-state index contributed by atoms with van der Waals surface area (Å²) in [5.74, 6) is 0.190. The van der Waals surface area contributed by atoms with Gasteiger partial charge in [-0.15, -0.1) is 0 Å². The maximum atomic E-state index is 13.7. The van der Waals surface area contributed by atoms with E-state index < -0.39 is 0 Å². The number of halogens is 2. The summed E-state index contributed by atoms with van der Waals surface area (Å²) < 4.78 is 14.4. The van der Waals surface area contributed by atoms with Crippen LogP contribution in [0.15, 0.2) is 22.7 Å². The van der Waals surface area contributed by atoms with Crippen LogP contribution in [0.5, 0.6) is 0 Å². The zero-order chi connectivity index (χ0) is 12.8. The minimum atomic E-state index is -0.200.